The van der Waals surface area contributed by atoms with Crippen molar-refractivity contribution in [2.24, 2.45) is 5.73 Å². The molecule has 1 aliphatic heterocycles. The molecule has 0 unspecified atom stereocenters. The number of hydrogen-bond acceptors (Lipinski definition) is 3. The van der Waals surface area contributed by atoms with Crippen LogP contribution >= 0.6 is 0 Å². The van der Waals surface area contributed by atoms with Crippen molar-refractivity contribution < 1.29 is 9.53 Å². The number of nitrogens with two attached hydrogens (primary N) is 1. The molecule has 1 aliphatic rings. The van der Waals surface area contributed by atoms with E-state index in [1.807, 2.05) is 6.92 Å². The van der Waals surface area contributed by atoms with Gasteiger partial charge >= 0.3 is 0 Å². The van der Waals surface area contributed by atoms with Crippen LogP contribution < -0.4 is 5.73 Å². The van der Waals surface area contributed by atoms with Crippen molar-refractivity contribution in [3.8, 4) is 11.1 Å². The van der Waals surface area contributed by atoms with Gasteiger partial charge in [-0.1, -0.05) is 45.0 Å². The van der Waals surface area contributed by atoms with Crippen molar-refractivity contribution in [1.29, 1.82) is 0 Å². The van der Waals surface area contributed by atoms with Crippen molar-refractivity contribution in [3.63, 3.8) is 0 Å². The van der Waals surface area contributed by atoms with Gasteiger partial charge in [-0.2, -0.15) is 0 Å². The van der Waals surface area contributed by atoms with Crippen molar-refractivity contribution >= 4 is 5.91 Å². The number of ether oxygens (including phenoxy) is 1. The average molecular weight is 398 g/mol. The van der Waals surface area contributed by atoms with Crippen LogP contribution in [0.2, 0.25) is 0 Å². The number of carbonyl (C=O) groups excluding carboxylic acids is 1. The Morgan fingerprint density at radius 3 is 2.21 bits per heavy atom. The zero-order valence-corrected chi connectivity index (χ0v) is 18.5. The minimum absolute atomic E-state index is 0.0986. The van der Waals surface area contributed by atoms with Crippen molar-refractivity contribution in [3.05, 3.63) is 46.8 Å². The Hall–Kier alpha value is -2.11. The second-order valence-corrected chi connectivity index (χ2v) is 9.07. The van der Waals surface area contributed by atoms with Crippen LogP contribution in [-0.4, -0.2) is 48.2 Å². The Labute approximate surface area is 174 Å². The van der Waals surface area contributed by atoms with Crippen LogP contribution in [-0.2, 0) is 16.7 Å². The zero-order chi connectivity index (χ0) is 21.2. The van der Waals surface area contributed by atoms with Crippen molar-refractivity contribution in [2.75, 3.05) is 32.8 Å². The maximum atomic E-state index is 12.3. The fourth-order valence-electron chi connectivity index (χ4n) is 4.29. The molecule has 1 fully saturated rings. The van der Waals surface area contributed by atoms with Gasteiger partial charge in [-0.25, -0.2) is 0 Å². The third-order valence-corrected chi connectivity index (χ3v) is 6.03. The van der Waals surface area contributed by atoms with E-state index >= 15 is 0 Å². The molecule has 1 aromatic carbocycles. The van der Waals surface area contributed by atoms with Crippen LogP contribution in [0.25, 0.3) is 11.1 Å². The third-order valence-electron chi connectivity index (χ3n) is 6.03. The minimum atomic E-state index is -0.354. The normalized spacial score (nSPS) is 15.6. The minimum Gasteiger partial charge on any atom is -0.379 e. The summed E-state index contributed by atoms with van der Waals surface area (Å²) in [5.41, 5.74) is 11.9. The van der Waals surface area contributed by atoms with Crippen LogP contribution in [0.15, 0.2) is 24.3 Å². The molecule has 0 atom stereocenters. The van der Waals surface area contributed by atoms with Gasteiger partial charge < -0.3 is 15.0 Å². The molecule has 1 amide bonds. The number of carbonyl (C=O) groups is 1. The third kappa shape index (κ3) is 4.73. The molecule has 0 aliphatic carbocycles. The predicted octanol–water partition coefficient (Wildman–Crippen LogP) is 3.89. The predicted molar refractivity (Wildman–Crippen MR) is 118 cm³/mol. The van der Waals surface area contributed by atoms with E-state index in [9.17, 15) is 4.79 Å². The van der Waals surface area contributed by atoms with E-state index in [0.29, 0.717) is 5.56 Å². The highest BCUT2D eigenvalue weighted by molar-refractivity contribution is 6.02. The lowest BCUT2D eigenvalue weighted by Crippen LogP contribution is -2.37. The standard InChI is InChI=1S/C24H35N3O2/c1-17-21(19-7-9-20(10-8-19)24(3,4)5)22(23(25)28)18(2)27(17)12-6-11-26-13-15-29-16-14-26/h7-10H,6,11-16H2,1-5H3,(H2,25,28). The number of rotatable bonds is 6. The lowest BCUT2D eigenvalue weighted by molar-refractivity contribution is 0.0369. The molecule has 158 valence electrons. The van der Waals surface area contributed by atoms with Crippen molar-refractivity contribution in [1.82, 2.24) is 9.47 Å². The van der Waals surface area contributed by atoms with E-state index in [-0.39, 0.29) is 11.3 Å². The van der Waals surface area contributed by atoms with Gasteiger partial charge in [-0.05, 0) is 36.8 Å². The van der Waals surface area contributed by atoms with Crippen LogP contribution in [0.3, 0.4) is 0 Å². The molecule has 1 saturated heterocycles. The molecule has 0 bridgehead atoms. The highest BCUT2D eigenvalue weighted by atomic mass is 16.5. The van der Waals surface area contributed by atoms with Gasteiger partial charge in [0.05, 0.1) is 18.8 Å². The SMILES string of the molecule is Cc1c(C(N)=O)c(-c2ccc(C(C)(C)C)cc2)c(C)n1CCCN1CCOCC1. The molecule has 1 aromatic heterocycles. The molecule has 0 spiro atoms. The van der Waals surface area contributed by atoms with Gasteiger partial charge in [0, 0.05) is 43.1 Å². The molecule has 5 heteroatoms. The summed E-state index contributed by atoms with van der Waals surface area (Å²) in [6.45, 7) is 16.3. The number of aromatic nitrogens is 1. The van der Waals surface area contributed by atoms with E-state index in [0.717, 1.165) is 68.3 Å². The van der Waals surface area contributed by atoms with E-state index in [1.165, 1.54) is 5.56 Å². The Morgan fingerprint density at radius 1 is 1.03 bits per heavy atom. The molecule has 2 aromatic rings. The molecule has 2 heterocycles. The van der Waals surface area contributed by atoms with Crippen LogP contribution in [0.4, 0.5) is 0 Å². The average Bonchev–Trinajstić information content (AvgIpc) is 2.93. The summed E-state index contributed by atoms with van der Waals surface area (Å²) >= 11 is 0. The molecular formula is C24H35N3O2. The topological polar surface area (TPSA) is 60.5 Å². The molecular weight excluding hydrogens is 362 g/mol. The quantitative estimate of drug-likeness (QED) is 0.804. The maximum Gasteiger partial charge on any atom is 0.251 e. The van der Waals surface area contributed by atoms with Gasteiger partial charge in [-0.3, -0.25) is 9.69 Å². The van der Waals surface area contributed by atoms with Crippen molar-refractivity contribution in [2.45, 2.75) is 53.0 Å². The van der Waals surface area contributed by atoms with Gasteiger partial charge in [0.15, 0.2) is 0 Å². The summed E-state index contributed by atoms with van der Waals surface area (Å²) in [6.07, 6.45) is 1.04. The first-order valence-corrected chi connectivity index (χ1v) is 10.6. The summed E-state index contributed by atoms with van der Waals surface area (Å²) < 4.78 is 7.69. The first-order chi connectivity index (χ1) is 13.7. The lowest BCUT2D eigenvalue weighted by atomic mass is 9.86. The summed E-state index contributed by atoms with van der Waals surface area (Å²) in [5.74, 6) is -0.354. The molecule has 2 N–H and O–H groups in total. The molecule has 29 heavy (non-hydrogen) atoms. The summed E-state index contributed by atoms with van der Waals surface area (Å²) in [7, 11) is 0. The highest BCUT2D eigenvalue weighted by Crippen LogP contribution is 2.34. The number of benzene rings is 1. The first kappa shape index (κ1) is 21.6. The monoisotopic (exact) mass is 397 g/mol. The first-order valence-electron chi connectivity index (χ1n) is 10.6. The summed E-state index contributed by atoms with van der Waals surface area (Å²) in [6, 6.07) is 8.55. The number of amides is 1. The Morgan fingerprint density at radius 2 is 1.66 bits per heavy atom. The van der Waals surface area contributed by atoms with E-state index in [1.54, 1.807) is 0 Å². The van der Waals surface area contributed by atoms with Gasteiger partial charge in [0.2, 0.25) is 0 Å². The van der Waals surface area contributed by atoms with Crippen LogP contribution in [0.1, 0.15) is 54.5 Å². The molecule has 3 rings (SSSR count). The molecule has 0 saturated carbocycles. The second kappa shape index (κ2) is 8.72. The van der Waals surface area contributed by atoms with E-state index in [2.05, 4.69) is 61.4 Å². The number of nitrogens with zero attached hydrogens (tertiary/aromatic N) is 2. The van der Waals surface area contributed by atoms with E-state index in [4.69, 9.17) is 10.5 Å². The second-order valence-electron chi connectivity index (χ2n) is 9.07. The van der Waals surface area contributed by atoms with Gasteiger partial charge in [0.25, 0.3) is 5.91 Å². The smallest absolute Gasteiger partial charge is 0.251 e. The lowest BCUT2D eigenvalue weighted by Gasteiger charge is -2.26. The fourth-order valence-corrected chi connectivity index (χ4v) is 4.29. The highest BCUT2D eigenvalue weighted by Gasteiger charge is 2.23. The number of morpholine rings is 1. The Balaban J connectivity index is 1.87. The van der Waals surface area contributed by atoms with Crippen LogP contribution in [0, 0.1) is 13.8 Å². The summed E-state index contributed by atoms with van der Waals surface area (Å²) in [5, 5.41) is 0. The molecule has 5 nitrogen and oxygen atoms in total. The Kier molecular flexibility index (Phi) is 6.49. The van der Waals surface area contributed by atoms with Crippen LogP contribution in [0.5, 0.6) is 0 Å². The van der Waals surface area contributed by atoms with E-state index < -0.39 is 0 Å². The largest absolute Gasteiger partial charge is 0.379 e. The zero-order valence-electron chi connectivity index (χ0n) is 18.5. The Bertz CT molecular complexity index is 854. The summed E-state index contributed by atoms with van der Waals surface area (Å²) in [4.78, 5) is 14.8. The maximum absolute atomic E-state index is 12.3. The van der Waals surface area contributed by atoms with Gasteiger partial charge in [0.1, 0.15) is 0 Å². The molecule has 0 radical (unpaired) electrons. The number of primary amides is 1. The van der Waals surface area contributed by atoms with Gasteiger partial charge in [-0.15, -0.1) is 0 Å². The fraction of sp³-hybridized carbons (Fsp3) is 0.542. The number of hydrogen-bond donors (Lipinski definition) is 1.